The number of hydrogen-bond donors (Lipinski definition) is 9. The molecule has 0 radical (unpaired) electrons. The number of nitrogens with two attached hydrogens (primary N) is 1. The van der Waals surface area contributed by atoms with Gasteiger partial charge in [0.25, 0.3) is 0 Å². The molecule has 0 aliphatic carbocycles. The van der Waals surface area contributed by atoms with Gasteiger partial charge in [0.1, 0.15) is 36.8 Å². The topological polar surface area (TPSA) is 335 Å². The Hall–Kier alpha value is -10.1. The van der Waals surface area contributed by atoms with Crippen LogP contribution in [0.15, 0.2) is 146 Å². The molecule has 10 N–H and O–H groups in total. The number of nitrogens with zero attached hydrogens (tertiary/aromatic N) is 4. The fraction of sp³-hybridized carbons (Fsp3) is 0.290. The van der Waals surface area contributed by atoms with Gasteiger partial charge >= 0.3 is 17.9 Å². The molecule has 6 rings (SSSR count). The molecule has 0 spiro atoms. The highest BCUT2D eigenvalue weighted by Crippen LogP contribution is 2.37. The summed E-state index contributed by atoms with van der Waals surface area (Å²) in [6.07, 6.45) is 8.00. The Labute approximate surface area is 485 Å². The van der Waals surface area contributed by atoms with Crippen molar-refractivity contribution in [3.63, 3.8) is 0 Å². The number of amides is 6. The predicted octanol–water partition coefficient (Wildman–Crippen LogP) is 4.17. The van der Waals surface area contributed by atoms with Crippen LogP contribution in [0.2, 0.25) is 0 Å². The summed E-state index contributed by atoms with van der Waals surface area (Å²) in [7, 11) is 0. The third-order valence-corrected chi connectivity index (χ3v) is 13.3. The Bertz CT molecular complexity index is 3260. The molecular weight excluding hydrogens is 1080 g/mol. The van der Waals surface area contributed by atoms with E-state index < -0.39 is 115 Å². The molecule has 2 aromatic heterocycles. The van der Waals surface area contributed by atoms with E-state index in [9.17, 15) is 58.5 Å². The van der Waals surface area contributed by atoms with Crippen molar-refractivity contribution < 1.29 is 63.0 Å². The van der Waals surface area contributed by atoms with Crippen molar-refractivity contribution in [1.82, 2.24) is 41.6 Å². The Kier molecular flexibility index (Phi) is 23.4. The lowest BCUT2D eigenvalue weighted by Crippen LogP contribution is -2.60. The van der Waals surface area contributed by atoms with Crippen molar-refractivity contribution in [2.45, 2.75) is 109 Å². The normalized spacial score (nSPS) is 12.9. The maximum Gasteiger partial charge on any atom is 0.305 e. The average molecular weight is 1150 g/mol. The molecule has 22 heteroatoms. The maximum absolute atomic E-state index is 13.7. The zero-order chi connectivity index (χ0) is 60.7. The number of aliphatic carboxylic acids is 3. The quantitative estimate of drug-likeness (QED) is 0.0168. The van der Waals surface area contributed by atoms with Gasteiger partial charge in [-0.25, -0.2) is 4.57 Å². The Morgan fingerprint density at radius 2 is 1.02 bits per heavy atom. The molecule has 6 amide bonds. The van der Waals surface area contributed by atoms with Gasteiger partial charge in [-0.15, -0.1) is 5.10 Å². The van der Waals surface area contributed by atoms with E-state index in [2.05, 4.69) is 151 Å². The molecule has 0 aliphatic heterocycles. The van der Waals surface area contributed by atoms with E-state index in [0.29, 0.717) is 13.0 Å². The van der Waals surface area contributed by atoms with Gasteiger partial charge in [-0.3, -0.25) is 47.8 Å². The molecule has 438 valence electrons. The van der Waals surface area contributed by atoms with Crippen molar-refractivity contribution in [2.75, 3.05) is 0 Å². The molecule has 5 atom stereocenters. The third-order valence-electron chi connectivity index (χ3n) is 13.3. The van der Waals surface area contributed by atoms with Gasteiger partial charge in [-0.05, 0) is 63.3 Å². The lowest BCUT2D eigenvalue weighted by atomic mass is 9.85. The molecule has 0 saturated heterocycles. The van der Waals surface area contributed by atoms with Crippen LogP contribution in [-0.4, -0.2) is 114 Å². The van der Waals surface area contributed by atoms with E-state index >= 15 is 0 Å². The van der Waals surface area contributed by atoms with Crippen molar-refractivity contribution in [2.24, 2.45) is 11.7 Å². The van der Waals surface area contributed by atoms with E-state index in [4.69, 9.17) is 5.73 Å². The van der Waals surface area contributed by atoms with Crippen molar-refractivity contribution >= 4 is 76.6 Å². The number of carbonyl (C=O) groups is 9. The third kappa shape index (κ3) is 19.6. The maximum atomic E-state index is 13.7. The standard InChI is InChI=1S/C62H68N10O12/c1-39(2)57(68-59(81)48(27-28-52(74)75)65-60(82)50(36-53(76)77)64-40(3)73)62(84)67-51(37-54(78)79)61(83)66-49(58(63)80)35-47-38-72(70-69-47)32-14-13-31-71-33-29-42(30-34-71)22-21-41-23-25-46(26-24-41)56(45-19-11-6-12-20-45)55(43-15-7-4-8-16-43)44-17-9-5-10-18-44/h4-12,15-26,29-30,33-34,38-39,48-51,57H,13-14,27-28,31-32,35-37H2,1-3H3,(H9-,63,64,65,66,67,68,73,74,75,76,77,78,79,80,81,82,83,84)/p+1/b22-21+/t48-,49-,50-,51-,57-/m0/s1. The number of aromatic nitrogens is 4. The van der Waals surface area contributed by atoms with E-state index in [-0.39, 0.29) is 12.1 Å². The first-order chi connectivity index (χ1) is 40.2. The second kappa shape index (κ2) is 31.2. The molecule has 0 aliphatic rings. The van der Waals surface area contributed by atoms with Gasteiger partial charge in [0.2, 0.25) is 35.4 Å². The fourth-order valence-corrected chi connectivity index (χ4v) is 9.09. The number of benzene rings is 4. The summed E-state index contributed by atoms with van der Waals surface area (Å²) in [5.41, 5.74) is 14.8. The largest absolute Gasteiger partial charge is 0.481 e. The van der Waals surface area contributed by atoms with E-state index in [1.807, 2.05) is 42.7 Å². The minimum atomic E-state index is -1.81. The van der Waals surface area contributed by atoms with Crippen LogP contribution in [0.5, 0.6) is 0 Å². The first-order valence-corrected chi connectivity index (χ1v) is 27.2. The van der Waals surface area contributed by atoms with Crippen LogP contribution < -0.4 is 36.9 Å². The van der Waals surface area contributed by atoms with Crippen LogP contribution in [0.1, 0.15) is 98.4 Å². The number of nitrogens with one attached hydrogen (secondary N) is 5. The number of unbranched alkanes of at least 4 members (excludes halogenated alkanes) is 1. The molecule has 22 nitrogen and oxygen atoms in total. The smallest absolute Gasteiger partial charge is 0.305 e. The molecule has 4 aromatic carbocycles. The van der Waals surface area contributed by atoms with Crippen LogP contribution in [0.3, 0.4) is 0 Å². The zero-order valence-electron chi connectivity index (χ0n) is 46.7. The zero-order valence-corrected chi connectivity index (χ0v) is 46.7. The van der Waals surface area contributed by atoms with Gasteiger partial charge in [0, 0.05) is 51.1 Å². The highest BCUT2D eigenvalue weighted by Gasteiger charge is 2.35. The number of carbonyl (C=O) groups excluding carboxylic acids is 6. The monoisotopic (exact) mass is 1150 g/mol. The minimum Gasteiger partial charge on any atom is -0.481 e. The minimum absolute atomic E-state index is 0.239. The van der Waals surface area contributed by atoms with Crippen LogP contribution in [0.4, 0.5) is 0 Å². The van der Waals surface area contributed by atoms with Gasteiger partial charge in [0.15, 0.2) is 12.4 Å². The van der Waals surface area contributed by atoms with E-state index in [1.54, 1.807) is 10.9 Å². The summed E-state index contributed by atoms with van der Waals surface area (Å²) in [6.45, 7) is 5.19. The molecule has 84 heavy (non-hydrogen) atoms. The molecular formula is C62H69N10O12+. The van der Waals surface area contributed by atoms with Crippen LogP contribution in [-0.2, 0) is 62.7 Å². The number of hydrogen-bond acceptors (Lipinski definition) is 11. The van der Waals surface area contributed by atoms with Crippen LogP contribution in [0.25, 0.3) is 23.3 Å². The Balaban J connectivity index is 1.01. The summed E-state index contributed by atoms with van der Waals surface area (Å²) < 4.78 is 3.66. The van der Waals surface area contributed by atoms with Crippen molar-refractivity contribution in [3.8, 4) is 0 Å². The molecule has 0 fully saturated rings. The first-order valence-electron chi connectivity index (χ1n) is 27.2. The fourth-order valence-electron chi connectivity index (χ4n) is 9.09. The summed E-state index contributed by atoms with van der Waals surface area (Å²) in [4.78, 5) is 113. The first kappa shape index (κ1) is 63.1. The summed E-state index contributed by atoms with van der Waals surface area (Å²) in [5.74, 6) is -11.3. The van der Waals surface area contributed by atoms with Gasteiger partial charge in [-0.2, -0.15) is 0 Å². The summed E-state index contributed by atoms with van der Waals surface area (Å²) in [5, 5.41) is 47.9. The van der Waals surface area contributed by atoms with Gasteiger partial charge in [0.05, 0.1) is 18.5 Å². The second-order valence-corrected chi connectivity index (χ2v) is 20.3. The van der Waals surface area contributed by atoms with Gasteiger partial charge < -0.3 is 47.6 Å². The number of rotatable bonds is 31. The predicted molar refractivity (Wildman–Crippen MR) is 310 cm³/mol. The van der Waals surface area contributed by atoms with Crippen LogP contribution in [0, 0.1) is 5.92 Å². The van der Waals surface area contributed by atoms with Crippen molar-refractivity contribution in [1.29, 1.82) is 0 Å². The van der Waals surface area contributed by atoms with Crippen LogP contribution >= 0.6 is 0 Å². The number of pyridine rings is 1. The molecule has 0 saturated carbocycles. The number of carboxylic acids is 3. The average Bonchev–Trinajstić information content (AvgIpc) is 2.73. The highest BCUT2D eigenvalue weighted by molar-refractivity contribution is 6.05. The van der Waals surface area contributed by atoms with E-state index in [1.165, 1.54) is 13.8 Å². The number of carboxylic acid groups (broad SMARTS) is 3. The lowest BCUT2D eigenvalue weighted by Gasteiger charge is -2.28. The molecule has 2 heterocycles. The lowest BCUT2D eigenvalue weighted by molar-refractivity contribution is -0.697. The molecule has 0 bridgehead atoms. The van der Waals surface area contributed by atoms with Crippen molar-refractivity contribution in [3.05, 3.63) is 185 Å². The second-order valence-electron chi connectivity index (χ2n) is 20.3. The Morgan fingerprint density at radius 3 is 1.50 bits per heavy atom. The highest BCUT2D eigenvalue weighted by atomic mass is 16.4. The molecule has 0 unspecified atom stereocenters. The SMILES string of the molecule is CC(=O)N[C@@H](CC(=O)O)C(=O)N[C@@H](CCC(=O)O)C(=O)N[C@H](C(=O)N[C@@H](CC(=O)O)C(=O)N[C@@H](Cc1cn(CCCC[n+]2ccc(/C=C/c3ccc(C(=C(c4ccccc4)c4ccccc4)c4ccccc4)cc3)cc2)nn1)C(N)=O)C(C)C. The number of aryl methyl sites for hydroxylation is 2. The summed E-state index contributed by atoms with van der Waals surface area (Å²) in [6, 6.07) is 36.0. The molecule has 6 aromatic rings. The van der Waals surface area contributed by atoms with E-state index in [0.717, 1.165) is 64.4 Å². The number of primary amides is 1. The Morgan fingerprint density at radius 1 is 0.560 bits per heavy atom. The van der Waals surface area contributed by atoms with Gasteiger partial charge in [-0.1, -0.05) is 146 Å². The summed E-state index contributed by atoms with van der Waals surface area (Å²) >= 11 is 0.